The number of hydrogen-bond donors (Lipinski definition) is 2. The van der Waals surface area contributed by atoms with E-state index in [-0.39, 0.29) is 18.6 Å². The maximum absolute atomic E-state index is 12.6. The van der Waals surface area contributed by atoms with Crippen LogP contribution in [0.4, 0.5) is 0 Å². The van der Waals surface area contributed by atoms with Gasteiger partial charge in [-0.3, -0.25) is 9.20 Å². The first kappa shape index (κ1) is 16.5. The molecule has 0 aliphatic heterocycles. The van der Waals surface area contributed by atoms with Crippen LogP contribution in [-0.4, -0.2) is 39.3 Å². The Kier molecular flexibility index (Phi) is 5.17. The molecular formula is C18H19N3O2S. The van der Waals surface area contributed by atoms with Crippen molar-refractivity contribution < 1.29 is 9.90 Å². The molecule has 0 saturated carbocycles. The molecular weight excluding hydrogens is 322 g/mol. The highest BCUT2D eigenvalue weighted by atomic mass is 32.2. The normalized spacial score (nSPS) is 12.2. The second-order valence-corrected chi connectivity index (χ2v) is 6.22. The summed E-state index contributed by atoms with van der Waals surface area (Å²) in [5, 5.41) is 13.3. The van der Waals surface area contributed by atoms with Crippen LogP contribution >= 0.6 is 11.8 Å². The van der Waals surface area contributed by atoms with Crippen LogP contribution in [0.25, 0.3) is 5.52 Å². The van der Waals surface area contributed by atoms with Gasteiger partial charge in [0.2, 0.25) is 0 Å². The molecule has 2 aromatic heterocycles. The molecule has 6 heteroatoms. The smallest absolute Gasteiger partial charge is 0.272 e. The van der Waals surface area contributed by atoms with Gasteiger partial charge in [-0.25, -0.2) is 4.98 Å². The van der Waals surface area contributed by atoms with Crippen molar-refractivity contribution in [3.8, 4) is 0 Å². The first-order valence-corrected chi connectivity index (χ1v) is 8.92. The third-order valence-electron chi connectivity index (χ3n) is 3.79. The molecule has 0 aliphatic carbocycles. The highest BCUT2D eigenvalue weighted by Crippen LogP contribution is 2.20. The average Bonchev–Trinajstić information content (AvgIpc) is 3.01. The van der Waals surface area contributed by atoms with Gasteiger partial charge in [0.15, 0.2) is 10.9 Å². The fraction of sp³-hybridized carbons (Fsp3) is 0.222. The zero-order valence-electron chi connectivity index (χ0n) is 13.3. The molecule has 0 saturated heterocycles. The van der Waals surface area contributed by atoms with Crippen LogP contribution in [0.15, 0.2) is 59.9 Å². The van der Waals surface area contributed by atoms with E-state index in [0.717, 1.165) is 16.2 Å². The van der Waals surface area contributed by atoms with Crippen LogP contribution in [0.2, 0.25) is 0 Å². The van der Waals surface area contributed by atoms with E-state index in [2.05, 4.69) is 10.3 Å². The molecule has 2 N–H and O–H groups in total. The predicted molar refractivity (Wildman–Crippen MR) is 95.5 cm³/mol. The van der Waals surface area contributed by atoms with Crippen molar-refractivity contribution in [3.63, 3.8) is 0 Å². The maximum Gasteiger partial charge on any atom is 0.272 e. The number of nitrogens with one attached hydrogen (secondary N) is 1. The number of aliphatic hydroxyl groups excluding tert-OH is 1. The van der Waals surface area contributed by atoms with Gasteiger partial charge < -0.3 is 10.4 Å². The molecule has 0 fully saturated rings. The maximum atomic E-state index is 12.6. The fourth-order valence-electron chi connectivity index (χ4n) is 2.63. The lowest BCUT2D eigenvalue weighted by atomic mass is 10.1. The summed E-state index contributed by atoms with van der Waals surface area (Å²) < 4.78 is 1.89. The number of rotatable bonds is 6. The standard InChI is InChI=1S/C18H19N3O2S/c1-24-18-20-16(15-9-5-6-10-21(15)18)17(23)19-14(12-22)11-13-7-3-2-4-8-13/h2-10,14,22H,11-12H2,1H3,(H,19,23). The minimum absolute atomic E-state index is 0.123. The van der Waals surface area contributed by atoms with Gasteiger partial charge in [-0.1, -0.05) is 48.2 Å². The van der Waals surface area contributed by atoms with Gasteiger partial charge in [-0.05, 0) is 30.4 Å². The first-order chi connectivity index (χ1) is 11.7. The summed E-state index contributed by atoms with van der Waals surface area (Å²) in [5.41, 5.74) is 2.21. The van der Waals surface area contributed by atoms with E-state index in [9.17, 15) is 9.90 Å². The molecule has 1 amide bonds. The van der Waals surface area contributed by atoms with E-state index < -0.39 is 0 Å². The van der Waals surface area contributed by atoms with Crippen LogP contribution in [0.3, 0.4) is 0 Å². The number of nitrogens with zero attached hydrogens (tertiary/aromatic N) is 2. The number of aromatic nitrogens is 2. The highest BCUT2D eigenvalue weighted by molar-refractivity contribution is 7.98. The van der Waals surface area contributed by atoms with Crippen LogP contribution < -0.4 is 5.32 Å². The largest absolute Gasteiger partial charge is 0.394 e. The lowest BCUT2D eigenvalue weighted by molar-refractivity contribution is 0.0913. The van der Waals surface area contributed by atoms with Crippen molar-refractivity contribution in [2.45, 2.75) is 17.6 Å². The molecule has 3 rings (SSSR count). The molecule has 1 atom stereocenters. The Morgan fingerprint density at radius 3 is 2.71 bits per heavy atom. The third-order valence-corrected chi connectivity index (χ3v) is 4.45. The number of carbonyl (C=O) groups excluding carboxylic acids is 1. The number of pyridine rings is 1. The number of carbonyl (C=O) groups is 1. The third kappa shape index (κ3) is 3.44. The SMILES string of the molecule is CSc1nc(C(=O)NC(CO)Cc2ccccc2)c2ccccn12. The highest BCUT2D eigenvalue weighted by Gasteiger charge is 2.20. The van der Waals surface area contributed by atoms with Gasteiger partial charge in [0.05, 0.1) is 18.2 Å². The van der Waals surface area contributed by atoms with Crippen molar-refractivity contribution in [1.29, 1.82) is 0 Å². The quantitative estimate of drug-likeness (QED) is 0.676. The molecule has 124 valence electrons. The Morgan fingerprint density at radius 2 is 2.00 bits per heavy atom. The minimum atomic E-state index is -0.349. The minimum Gasteiger partial charge on any atom is -0.394 e. The summed E-state index contributed by atoms with van der Waals surface area (Å²) in [7, 11) is 0. The summed E-state index contributed by atoms with van der Waals surface area (Å²) in [5.74, 6) is -0.269. The molecule has 0 radical (unpaired) electrons. The molecule has 2 heterocycles. The average molecular weight is 341 g/mol. The van der Waals surface area contributed by atoms with Crippen LogP contribution in [0.5, 0.6) is 0 Å². The van der Waals surface area contributed by atoms with Gasteiger partial charge in [-0.15, -0.1) is 0 Å². The van der Waals surface area contributed by atoms with Crippen molar-refractivity contribution >= 4 is 23.2 Å². The Morgan fingerprint density at radius 1 is 1.25 bits per heavy atom. The first-order valence-electron chi connectivity index (χ1n) is 7.69. The van der Waals surface area contributed by atoms with Gasteiger partial charge in [0.1, 0.15) is 0 Å². The number of amides is 1. The zero-order chi connectivity index (χ0) is 16.9. The Balaban J connectivity index is 1.81. The van der Waals surface area contributed by atoms with Gasteiger partial charge in [0.25, 0.3) is 5.91 Å². The molecule has 1 aromatic carbocycles. The van der Waals surface area contributed by atoms with Crippen LogP contribution in [-0.2, 0) is 6.42 Å². The number of imidazole rings is 1. The fourth-order valence-corrected chi connectivity index (χ4v) is 3.17. The van der Waals surface area contributed by atoms with E-state index in [1.54, 1.807) is 0 Å². The number of hydrogen-bond acceptors (Lipinski definition) is 4. The van der Waals surface area contributed by atoms with Crippen LogP contribution in [0.1, 0.15) is 16.1 Å². The number of fused-ring (bicyclic) bond motifs is 1. The zero-order valence-corrected chi connectivity index (χ0v) is 14.2. The van der Waals surface area contributed by atoms with Crippen molar-refractivity contribution in [1.82, 2.24) is 14.7 Å². The van der Waals surface area contributed by atoms with Crippen molar-refractivity contribution in [2.75, 3.05) is 12.9 Å². The molecule has 1 unspecified atom stereocenters. The summed E-state index contributed by atoms with van der Waals surface area (Å²) in [6.07, 6.45) is 4.39. The number of thioether (sulfide) groups is 1. The molecule has 24 heavy (non-hydrogen) atoms. The van der Waals surface area contributed by atoms with Crippen molar-refractivity contribution in [2.24, 2.45) is 0 Å². The summed E-state index contributed by atoms with van der Waals surface area (Å²) in [6, 6.07) is 15.1. The lowest BCUT2D eigenvalue weighted by Gasteiger charge is -2.15. The Labute approximate surface area is 144 Å². The lowest BCUT2D eigenvalue weighted by Crippen LogP contribution is -2.39. The summed E-state index contributed by atoms with van der Waals surface area (Å²) >= 11 is 1.49. The van der Waals surface area contributed by atoms with E-state index in [1.165, 1.54) is 11.8 Å². The summed E-state index contributed by atoms with van der Waals surface area (Å²) in [4.78, 5) is 17.1. The van der Waals surface area contributed by atoms with Crippen molar-refractivity contribution in [3.05, 3.63) is 66.0 Å². The van der Waals surface area contributed by atoms with E-state index in [1.807, 2.05) is 65.4 Å². The van der Waals surface area contributed by atoms with Gasteiger partial charge in [0, 0.05) is 6.20 Å². The Bertz CT molecular complexity index is 833. The molecule has 0 spiro atoms. The van der Waals surface area contributed by atoms with Gasteiger partial charge in [-0.2, -0.15) is 0 Å². The van der Waals surface area contributed by atoms with E-state index in [0.29, 0.717) is 12.1 Å². The topological polar surface area (TPSA) is 66.6 Å². The second-order valence-electron chi connectivity index (χ2n) is 5.45. The predicted octanol–water partition coefficient (Wildman–Crippen LogP) is 2.39. The number of aliphatic hydroxyl groups is 1. The monoisotopic (exact) mass is 341 g/mol. The van der Waals surface area contributed by atoms with E-state index in [4.69, 9.17) is 0 Å². The van der Waals surface area contributed by atoms with E-state index >= 15 is 0 Å². The Hall–Kier alpha value is -2.31. The van der Waals surface area contributed by atoms with Crippen LogP contribution in [0, 0.1) is 0 Å². The molecule has 0 aliphatic rings. The molecule has 0 bridgehead atoms. The van der Waals surface area contributed by atoms with Gasteiger partial charge >= 0.3 is 0 Å². The second kappa shape index (κ2) is 7.51. The number of benzene rings is 1. The molecule has 3 aromatic rings. The summed E-state index contributed by atoms with van der Waals surface area (Å²) in [6.45, 7) is -0.123. The molecule has 5 nitrogen and oxygen atoms in total.